The molecule has 0 bridgehead atoms. The largest absolute Gasteiger partial charge is 0.460 e. The summed E-state index contributed by atoms with van der Waals surface area (Å²) in [6.45, 7) is 11.3. The van der Waals surface area contributed by atoms with Gasteiger partial charge in [-0.05, 0) is 40.5 Å². The van der Waals surface area contributed by atoms with E-state index in [1.807, 2.05) is 42.3 Å². The van der Waals surface area contributed by atoms with Crippen LogP contribution < -0.4 is 10.2 Å². The molecule has 1 atom stereocenters. The molecular formula is C32H46N6O6. The number of hydrogen-bond donors (Lipinski definition) is 1. The maximum atomic E-state index is 13.7. The average Bonchev–Trinajstić information content (AvgIpc) is 3.01. The molecule has 1 saturated heterocycles. The van der Waals surface area contributed by atoms with Crippen LogP contribution in [0.4, 0.5) is 10.6 Å². The summed E-state index contributed by atoms with van der Waals surface area (Å²) in [7, 11) is 1.91. The van der Waals surface area contributed by atoms with E-state index in [1.54, 1.807) is 43.6 Å². The van der Waals surface area contributed by atoms with Crippen molar-refractivity contribution in [3.8, 4) is 11.4 Å². The van der Waals surface area contributed by atoms with Gasteiger partial charge in [-0.3, -0.25) is 14.4 Å². The van der Waals surface area contributed by atoms with Gasteiger partial charge in [-0.2, -0.15) is 0 Å². The lowest BCUT2D eigenvalue weighted by atomic mass is 10.1. The minimum atomic E-state index is -1.01. The molecule has 12 heteroatoms. The van der Waals surface area contributed by atoms with Crippen molar-refractivity contribution in [2.45, 2.75) is 71.9 Å². The summed E-state index contributed by atoms with van der Waals surface area (Å²) in [6, 6.07) is 9.98. The number of amides is 3. The third-order valence-electron chi connectivity index (χ3n) is 6.99. The van der Waals surface area contributed by atoms with Crippen LogP contribution in [-0.2, 0) is 19.1 Å². The van der Waals surface area contributed by atoms with Crippen LogP contribution in [0.5, 0.6) is 0 Å². The second-order valence-electron chi connectivity index (χ2n) is 11.7. The van der Waals surface area contributed by atoms with Gasteiger partial charge in [0.15, 0.2) is 5.82 Å². The van der Waals surface area contributed by atoms with E-state index in [2.05, 4.69) is 17.2 Å². The lowest BCUT2D eigenvalue weighted by Crippen LogP contribution is -2.56. The third kappa shape index (κ3) is 10.2. The second-order valence-corrected chi connectivity index (χ2v) is 11.7. The van der Waals surface area contributed by atoms with Crippen LogP contribution in [0.2, 0.25) is 0 Å². The molecule has 0 spiro atoms. The van der Waals surface area contributed by atoms with E-state index in [1.165, 1.54) is 0 Å². The van der Waals surface area contributed by atoms with Gasteiger partial charge in [0.05, 0.1) is 6.61 Å². The first-order chi connectivity index (χ1) is 20.9. The van der Waals surface area contributed by atoms with Gasteiger partial charge >= 0.3 is 12.1 Å². The van der Waals surface area contributed by atoms with E-state index in [0.717, 1.165) is 24.9 Å². The number of unbranched alkanes of at least 4 members (excludes halogenated alkanes) is 1. The molecule has 1 aliphatic rings. The number of esters is 1. The normalized spacial score (nSPS) is 14.0. The fourth-order valence-electron chi connectivity index (χ4n) is 4.66. The molecule has 1 aliphatic heterocycles. The molecule has 0 aliphatic carbocycles. The number of piperazine rings is 1. The fourth-order valence-corrected chi connectivity index (χ4v) is 4.66. The van der Waals surface area contributed by atoms with Gasteiger partial charge in [0.25, 0.3) is 5.91 Å². The van der Waals surface area contributed by atoms with Crippen molar-refractivity contribution in [1.29, 1.82) is 0 Å². The number of nitrogens with zero attached hydrogens (tertiary/aromatic N) is 5. The molecule has 2 heterocycles. The minimum Gasteiger partial charge on any atom is -0.460 e. The zero-order valence-electron chi connectivity index (χ0n) is 26.8. The van der Waals surface area contributed by atoms with Crippen molar-refractivity contribution < 1.29 is 28.7 Å². The van der Waals surface area contributed by atoms with Crippen LogP contribution in [0.15, 0.2) is 36.4 Å². The van der Waals surface area contributed by atoms with Gasteiger partial charge < -0.3 is 29.5 Å². The first-order valence-electron chi connectivity index (χ1n) is 15.3. The van der Waals surface area contributed by atoms with E-state index in [9.17, 15) is 19.2 Å². The molecule has 0 radical (unpaired) electrons. The molecule has 240 valence electrons. The average molecular weight is 611 g/mol. The molecule has 1 aromatic heterocycles. The lowest BCUT2D eigenvalue weighted by molar-refractivity contribution is -0.155. The molecule has 1 N–H and O–H groups in total. The van der Waals surface area contributed by atoms with Crippen LogP contribution in [0, 0.1) is 0 Å². The maximum Gasteiger partial charge on any atom is 0.409 e. The van der Waals surface area contributed by atoms with Gasteiger partial charge in [0, 0.05) is 57.8 Å². The highest BCUT2D eigenvalue weighted by Gasteiger charge is 2.32. The molecule has 44 heavy (non-hydrogen) atoms. The smallest absolute Gasteiger partial charge is 0.409 e. The Hall–Kier alpha value is -4.22. The Balaban J connectivity index is 1.85. The van der Waals surface area contributed by atoms with Crippen molar-refractivity contribution in [2.75, 3.05) is 51.3 Å². The van der Waals surface area contributed by atoms with Crippen molar-refractivity contribution in [1.82, 2.24) is 25.1 Å². The SMILES string of the molecule is CCCCN(C)c1cc(C(=O)N[C@@H](CCC(=O)OC(C)(C)C)C(=O)N2CCN(C(=O)OCC)CC2)nc(-c2ccccc2)n1. The standard InChI is InChI=1S/C32H46N6O6/c1-7-9-17-36(6)26-22-25(33-28(35-26)23-13-11-10-12-14-23)29(40)34-24(15-16-27(39)44-32(3,4)5)30(41)37-18-20-38(21-19-37)31(42)43-8-2/h10-14,22,24H,7-9,15-21H2,1-6H3,(H,34,40)/t24-/m0/s1. The Morgan fingerprint density at radius 3 is 2.27 bits per heavy atom. The van der Waals surface area contributed by atoms with Crippen molar-refractivity contribution in [2.24, 2.45) is 0 Å². The lowest BCUT2D eigenvalue weighted by Gasteiger charge is -2.36. The van der Waals surface area contributed by atoms with Crippen LogP contribution in [0.3, 0.4) is 0 Å². The fraction of sp³-hybridized carbons (Fsp3) is 0.562. The van der Waals surface area contributed by atoms with Crippen LogP contribution in [-0.4, -0.2) is 102 Å². The summed E-state index contributed by atoms with van der Waals surface area (Å²) >= 11 is 0. The van der Waals surface area contributed by atoms with Crippen LogP contribution in [0.25, 0.3) is 11.4 Å². The number of rotatable bonds is 12. The van der Waals surface area contributed by atoms with Crippen LogP contribution >= 0.6 is 0 Å². The molecule has 0 unspecified atom stereocenters. The molecule has 12 nitrogen and oxygen atoms in total. The molecule has 1 fully saturated rings. The van der Waals surface area contributed by atoms with Crippen molar-refractivity contribution in [3.05, 3.63) is 42.1 Å². The van der Waals surface area contributed by atoms with E-state index >= 15 is 0 Å². The highest BCUT2D eigenvalue weighted by molar-refractivity contribution is 5.97. The van der Waals surface area contributed by atoms with Crippen molar-refractivity contribution >= 4 is 29.7 Å². The zero-order valence-corrected chi connectivity index (χ0v) is 26.8. The highest BCUT2D eigenvalue weighted by atomic mass is 16.6. The Bertz CT molecular complexity index is 1270. The Kier molecular flexibility index (Phi) is 12.5. The van der Waals surface area contributed by atoms with Gasteiger partial charge in [0.2, 0.25) is 5.91 Å². The number of ether oxygens (including phenoxy) is 2. The molecule has 3 amide bonds. The molecule has 3 rings (SSSR count). The summed E-state index contributed by atoms with van der Waals surface area (Å²) < 4.78 is 10.5. The first kappa shape index (κ1) is 34.3. The van der Waals surface area contributed by atoms with E-state index in [4.69, 9.17) is 14.5 Å². The number of anilines is 1. The number of carbonyl (C=O) groups is 4. The molecule has 0 saturated carbocycles. The van der Waals surface area contributed by atoms with Crippen LogP contribution in [0.1, 0.15) is 70.8 Å². The predicted octanol–water partition coefficient (Wildman–Crippen LogP) is 3.90. The first-order valence-corrected chi connectivity index (χ1v) is 15.3. The Morgan fingerprint density at radius 2 is 1.66 bits per heavy atom. The molecule has 1 aromatic carbocycles. The minimum absolute atomic E-state index is 0.0392. The quantitative estimate of drug-likeness (QED) is 0.355. The maximum absolute atomic E-state index is 13.7. The predicted molar refractivity (Wildman–Crippen MR) is 167 cm³/mol. The summed E-state index contributed by atoms with van der Waals surface area (Å²) in [6.07, 6.45) is 1.50. The molecular weight excluding hydrogens is 564 g/mol. The topological polar surface area (TPSA) is 134 Å². The Labute approximate surface area is 260 Å². The number of nitrogens with one attached hydrogen (secondary N) is 1. The van der Waals surface area contributed by atoms with E-state index in [-0.39, 0.29) is 44.1 Å². The van der Waals surface area contributed by atoms with Gasteiger partial charge in [-0.1, -0.05) is 43.7 Å². The van der Waals surface area contributed by atoms with E-state index in [0.29, 0.717) is 24.7 Å². The number of aromatic nitrogens is 2. The highest BCUT2D eigenvalue weighted by Crippen LogP contribution is 2.21. The molecule has 2 aromatic rings. The van der Waals surface area contributed by atoms with Gasteiger partial charge in [0.1, 0.15) is 23.2 Å². The summed E-state index contributed by atoms with van der Waals surface area (Å²) in [5, 5.41) is 2.84. The second kappa shape index (κ2) is 16.0. The zero-order chi connectivity index (χ0) is 32.3. The number of carbonyl (C=O) groups excluding carboxylic acids is 4. The van der Waals surface area contributed by atoms with Gasteiger partial charge in [-0.25, -0.2) is 14.8 Å². The number of hydrogen-bond acceptors (Lipinski definition) is 9. The van der Waals surface area contributed by atoms with Crippen molar-refractivity contribution in [3.63, 3.8) is 0 Å². The summed E-state index contributed by atoms with van der Waals surface area (Å²) in [5.41, 5.74) is 0.182. The summed E-state index contributed by atoms with van der Waals surface area (Å²) in [4.78, 5) is 66.5. The monoisotopic (exact) mass is 610 g/mol. The van der Waals surface area contributed by atoms with Gasteiger partial charge in [-0.15, -0.1) is 0 Å². The third-order valence-corrected chi connectivity index (χ3v) is 6.99. The number of benzene rings is 1. The van der Waals surface area contributed by atoms with E-state index < -0.39 is 29.6 Å². The summed E-state index contributed by atoms with van der Waals surface area (Å²) in [5.74, 6) is -0.386. The Morgan fingerprint density at radius 1 is 1.00 bits per heavy atom.